The monoisotopic (exact) mass is 280 g/mol. The molecule has 4 saturated carbocycles. The molecule has 4 aliphatic carbocycles. The van der Waals surface area contributed by atoms with Crippen LogP contribution in [0.1, 0.15) is 59.3 Å². The molecule has 0 aromatic rings. The molecule has 3 nitrogen and oxygen atoms in total. The van der Waals surface area contributed by atoms with Crippen LogP contribution in [0.3, 0.4) is 0 Å². The second kappa shape index (κ2) is 5.01. The van der Waals surface area contributed by atoms with Crippen molar-refractivity contribution < 1.29 is 14.3 Å². The fraction of sp³-hybridized carbons (Fsp3) is 0.941. The number of hydrogen-bond acceptors (Lipinski definition) is 3. The maximum absolute atomic E-state index is 11.7. The van der Waals surface area contributed by atoms with Gasteiger partial charge in [-0.15, -0.1) is 0 Å². The fourth-order valence-electron chi connectivity index (χ4n) is 5.19. The van der Waals surface area contributed by atoms with Crippen LogP contribution in [0.5, 0.6) is 0 Å². The number of hydrogen-bond donors (Lipinski definition) is 0. The molecular weight excluding hydrogens is 252 g/mol. The van der Waals surface area contributed by atoms with Crippen molar-refractivity contribution in [1.82, 2.24) is 0 Å². The van der Waals surface area contributed by atoms with Gasteiger partial charge in [-0.25, -0.2) is 4.79 Å². The third kappa shape index (κ3) is 3.19. The molecule has 0 amide bonds. The van der Waals surface area contributed by atoms with Gasteiger partial charge in [-0.2, -0.15) is 0 Å². The molecular formula is C17H28O3. The zero-order valence-corrected chi connectivity index (χ0v) is 13.1. The quantitative estimate of drug-likeness (QED) is 0.739. The minimum atomic E-state index is -0.416. The van der Waals surface area contributed by atoms with Gasteiger partial charge in [0.2, 0.25) is 0 Å². The molecule has 0 aliphatic heterocycles. The first-order valence-electron chi connectivity index (χ1n) is 8.13. The summed E-state index contributed by atoms with van der Waals surface area (Å²) in [6, 6.07) is 0. The zero-order chi connectivity index (χ0) is 14.4. The van der Waals surface area contributed by atoms with Crippen LogP contribution in [0.4, 0.5) is 0 Å². The van der Waals surface area contributed by atoms with Crippen molar-refractivity contribution in [2.75, 3.05) is 13.2 Å². The van der Waals surface area contributed by atoms with Gasteiger partial charge in [0.1, 0.15) is 12.2 Å². The van der Waals surface area contributed by atoms with E-state index in [9.17, 15) is 4.79 Å². The standard InChI is InChI=1S/C17H28O3/c1-16(2,3)20-15(18)10-19-11-17-7-12-4-13(8-17)6-14(5-12)9-17/h12-14H,4-11H2,1-3H3. The SMILES string of the molecule is CC(C)(C)OC(=O)COCC12CC3CC(CC(C3)C1)C2. The Kier molecular flexibility index (Phi) is 3.60. The van der Waals surface area contributed by atoms with E-state index >= 15 is 0 Å². The van der Waals surface area contributed by atoms with Crippen LogP contribution in [0.25, 0.3) is 0 Å². The summed E-state index contributed by atoms with van der Waals surface area (Å²) in [5, 5.41) is 0. The van der Waals surface area contributed by atoms with E-state index in [4.69, 9.17) is 9.47 Å². The Morgan fingerprint density at radius 2 is 1.55 bits per heavy atom. The maximum Gasteiger partial charge on any atom is 0.332 e. The number of rotatable bonds is 4. The van der Waals surface area contributed by atoms with E-state index in [1.165, 1.54) is 38.5 Å². The lowest BCUT2D eigenvalue weighted by Gasteiger charge is -2.56. The highest BCUT2D eigenvalue weighted by Crippen LogP contribution is 2.59. The van der Waals surface area contributed by atoms with Crippen LogP contribution in [0.2, 0.25) is 0 Å². The molecule has 0 spiro atoms. The number of esters is 1. The number of carbonyl (C=O) groups is 1. The van der Waals surface area contributed by atoms with E-state index in [1.807, 2.05) is 20.8 Å². The molecule has 4 aliphatic rings. The van der Waals surface area contributed by atoms with Crippen molar-refractivity contribution in [3.63, 3.8) is 0 Å². The molecule has 3 heteroatoms. The van der Waals surface area contributed by atoms with Crippen molar-refractivity contribution in [3.05, 3.63) is 0 Å². The van der Waals surface area contributed by atoms with Crippen LogP contribution < -0.4 is 0 Å². The van der Waals surface area contributed by atoms with Crippen molar-refractivity contribution in [2.45, 2.75) is 64.9 Å². The summed E-state index contributed by atoms with van der Waals surface area (Å²) in [4.78, 5) is 11.7. The first-order chi connectivity index (χ1) is 9.34. The molecule has 114 valence electrons. The van der Waals surface area contributed by atoms with Crippen LogP contribution in [0, 0.1) is 23.2 Å². The van der Waals surface area contributed by atoms with E-state index in [-0.39, 0.29) is 12.6 Å². The third-order valence-corrected chi connectivity index (χ3v) is 5.21. The lowest BCUT2D eigenvalue weighted by atomic mass is 9.50. The average molecular weight is 280 g/mol. The van der Waals surface area contributed by atoms with Crippen LogP contribution >= 0.6 is 0 Å². The largest absolute Gasteiger partial charge is 0.458 e. The van der Waals surface area contributed by atoms with E-state index in [0.717, 1.165) is 24.4 Å². The van der Waals surface area contributed by atoms with E-state index in [1.54, 1.807) is 0 Å². The Balaban J connectivity index is 1.48. The van der Waals surface area contributed by atoms with Crippen LogP contribution in [-0.4, -0.2) is 24.8 Å². The van der Waals surface area contributed by atoms with E-state index in [2.05, 4.69) is 0 Å². The average Bonchev–Trinajstić information content (AvgIpc) is 2.23. The number of ether oxygens (including phenoxy) is 2. The van der Waals surface area contributed by atoms with Gasteiger partial charge in [0, 0.05) is 0 Å². The first-order valence-corrected chi connectivity index (χ1v) is 8.13. The lowest BCUT2D eigenvalue weighted by molar-refractivity contribution is -0.164. The summed E-state index contributed by atoms with van der Waals surface area (Å²) in [5.74, 6) is 2.58. The van der Waals surface area contributed by atoms with Gasteiger partial charge in [0.05, 0.1) is 6.61 Å². The Bertz CT molecular complexity index is 345. The van der Waals surface area contributed by atoms with Gasteiger partial charge in [0.15, 0.2) is 0 Å². The predicted molar refractivity (Wildman–Crippen MR) is 77.3 cm³/mol. The number of carbonyl (C=O) groups excluding carboxylic acids is 1. The highest BCUT2D eigenvalue weighted by molar-refractivity contribution is 5.71. The summed E-state index contributed by atoms with van der Waals surface area (Å²) in [6.07, 6.45) is 8.33. The molecule has 0 saturated heterocycles. The molecule has 4 fully saturated rings. The first kappa shape index (κ1) is 14.4. The van der Waals surface area contributed by atoms with Crippen molar-refractivity contribution in [2.24, 2.45) is 23.2 Å². The predicted octanol–water partition coefficient (Wildman–Crippen LogP) is 3.56. The summed E-state index contributed by atoms with van der Waals surface area (Å²) in [7, 11) is 0. The summed E-state index contributed by atoms with van der Waals surface area (Å²) >= 11 is 0. The van der Waals surface area contributed by atoms with Crippen molar-refractivity contribution >= 4 is 5.97 Å². The maximum atomic E-state index is 11.7. The fourth-order valence-corrected chi connectivity index (χ4v) is 5.19. The summed E-state index contributed by atoms with van der Waals surface area (Å²) in [5.41, 5.74) is -0.0299. The molecule has 0 radical (unpaired) electrons. The molecule has 0 heterocycles. The topological polar surface area (TPSA) is 35.5 Å². The van der Waals surface area contributed by atoms with Gasteiger partial charge in [0.25, 0.3) is 0 Å². The molecule has 4 bridgehead atoms. The molecule has 0 unspecified atom stereocenters. The third-order valence-electron chi connectivity index (χ3n) is 5.21. The highest BCUT2D eigenvalue weighted by atomic mass is 16.6. The minimum absolute atomic E-state index is 0.110. The van der Waals surface area contributed by atoms with Gasteiger partial charge in [-0.3, -0.25) is 0 Å². The van der Waals surface area contributed by atoms with Crippen molar-refractivity contribution in [3.8, 4) is 0 Å². The Morgan fingerprint density at radius 1 is 1.05 bits per heavy atom. The van der Waals surface area contributed by atoms with E-state index < -0.39 is 5.60 Å². The normalized spacial score (nSPS) is 39.0. The summed E-state index contributed by atoms with van der Waals surface area (Å²) in [6.45, 7) is 6.55. The summed E-state index contributed by atoms with van der Waals surface area (Å²) < 4.78 is 11.0. The Morgan fingerprint density at radius 3 is 2.00 bits per heavy atom. The van der Waals surface area contributed by atoms with E-state index in [0.29, 0.717) is 5.41 Å². The highest BCUT2D eigenvalue weighted by Gasteiger charge is 2.50. The smallest absolute Gasteiger partial charge is 0.332 e. The molecule has 20 heavy (non-hydrogen) atoms. The van der Waals surface area contributed by atoms with Gasteiger partial charge in [-0.1, -0.05) is 0 Å². The molecule has 0 aromatic heterocycles. The second-order valence-electron chi connectivity index (χ2n) is 8.50. The zero-order valence-electron chi connectivity index (χ0n) is 13.1. The van der Waals surface area contributed by atoms with Gasteiger partial charge in [-0.05, 0) is 82.5 Å². The molecule has 4 rings (SSSR count). The Hall–Kier alpha value is -0.570. The second-order valence-corrected chi connectivity index (χ2v) is 8.50. The van der Waals surface area contributed by atoms with Crippen molar-refractivity contribution in [1.29, 1.82) is 0 Å². The Labute approximate surface area is 122 Å². The minimum Gasteiger partial charge on any atom is -0.458 e. The lowest BCUT2D eigenvalue weighted by Crippen LogP contribution is -2.48. The van der Waals surface area contributed by atoms with Crippen LogP contribution in [-0.2, 0) is 14.3 Å². The molecule has 0 aromatic carbocycles. The van der Waals surface area contributed by atoms with Crippen LogP contribution in [0.15, 0.2) is 0 Å². The molecule has 0 N–H and O–H groups in total. The van der Waals surface area contributed by atoms with Gasteiger partial charge >= 0.3 is 5.97 Å². The van der Waals surface area contributed by atoms with Gasteiger partial charge < -0.3 is 9.47 Å². The molecule has 0 atom stereocenters.